The average Bonchev–Trinajstić information content (AvgIpc) is 3.34. The molecule has 2 aromatic rings. The average molecular weight is 517 g/mol. The lowest BCUT2D eigenvalue weighted by Crippen LogP contribution is -2.45. The number of fused-ring (bicyclic) bond motifs is 1. The number of alkyl halides is 2. The predicted molar refractivity (Wildman–Crippen MR) is 129 cm³/mol. The van der Waals surface area contributed by atoms with Crippen LogP contribution in [0.5, 0.6) is 5.75 Å². The standard InChI is InChI=1S/C27H30F2N2O6/c1-26(2,24(33)36-14-19-9-11-20(35-3)12-10-19)16-30-13-21-22(23(30)32)27(28,29)17-31(21)25(34)37-15-18-7-5-4-6-8-18/h4-12,21-22H,13-17H2,1-3H3/t21-,22-/m0/s1. The third-order valence-electron chi connectivity index (χ3n) is 6.71. The molecular formula is C27H30F2N2O6. The number of rotatable bonds is 8. The molecule has 0 unspecified atom stereocenters. The highest BCUT2D eigenvalue weighted by molar-refractivity contribution is 5.86. The van der Waals surface area contributed by atoms with Crippen LogP contribution in [0.25, 0.3) is 0 Å². The second-order valence-corrected chi connectivity index (χ2v) is 10.0. The lowest BCUT2D eigenvalue weighted by atomic mass is 9.93. The molecule has 0 bridgehead atoms. The van der Waals surface area contributed by atoms with Crippen LogP contribution in [0.1, 0.15) is 25.0 Å². The van der Waals surface area contributed by atoms with Crippen molar-refractivity contribution >= 4 is 18.0 Å². The minimum Gasteiger partial charge on any atom is -0.497 e. The molecule has 2 aromatic carbocycles. The van der Waals surface area contributed by atoms with Gasteiger partial charge in [-0.15, -0.1) is 0 Å². The summed E-state index contributed by atoms with van der Waals surface area (Å²) >= 11 is 0. The lowest BCUT2D eigenvalue weighted by molar-refractivity contribution is -0.157. The molecule has 2 aliphatic heterocycles. The molecule has 0 aromatic heterocycles. The number of ether oxygens (including phenoxy) is 3. The SMILES string of the molecule is COc1ccc(COC(=O)C(C)(C)CN2C[C@H]3[C@@H](C2=O)C(F)(F)CN3C(=O)OCc2ccccc2)cc1. The molecular weight excluding hydrogens is 486 g/mol. The molecule has 2 amide bonds. The van der Waals surface area contributed by atoms with Crippen LogP contribution in [-0.2, 0) is 32.3 Å². The first-order valence-electron chi connectivity index (χ1n) is 12.0. The van der Waals surface area contributed by atoms with E-state index >= 15 is 0 Å². The molecule has 0 spiro atoms. The van der Waals surface area contributed by atoms with E-state index in [1.807, 2.05) is 6.07 Å². The summed E-state index contributed by atoms with van der Waals surface area (Å²) in [7, 11) is 1.55. The molecule has 37 heavy (non-hydrogen) atoms. The number of benzene rings is 2. The van der Waals surface area contributed by atoms with Crippen molar-refractivity contribution in [3.8, 4) is 5.75 Å². The number of halogens is 2. The third kappa shape index (κ3) is 5.68. The van der Waals surface area contributed by atoms with Gasteiger partial charge in [-0.25, -0.2) is 13.6 Å². The highest BCUT2D eigenvalue weighted by Gasteiger charge is 2.64. The number of hydrogen-bond acceptors (Lipinski definition) is 6. The Kier molecular flexibility index (Phi) is 7.38. The van der Waals surface area contributed by atoms with E-state index in [-0.39, 0.29) is 26.3 Å². The molecule has 2 heterocycles. The Hall–Kier alpha value is -3.69. The van der Waals surface area contributed by atoms with E-state index in [0.717, 1.165) is 16.0 Å². The molecule has 2 aliphatic rings. The van der Waals surface area contributed by atoms with Crippen molar-refractivity contribution in [2.75, 3.05) is 26.7 Å². The van der Waals surface area contributed by atoms with Crippen molar-refractivity contribution < 1.29 is 37.4 Å². The van der Waals surface area contributed by atoms with Crippen molar-refractivity contribution in [3.63, 3.8) is 0 Å². The molecule has 2 fully saturated rings. The van der Waals surface area contributed by atoms with Crippen LogP contribution in [0.2, 0.25) is 0 Å². The van der Waals surface area contributed by atoms with Gasteiger partial charge in [-0.3, -0.25) is 14.5 Å². The smallest absolute Gasteiger partial charge is 0.410 e. The first kappa shape index (κ1) is 26.4. The van der Waals surface area contributed by atoms with E-state index in [4.69, 9.17) is 14.2 Å². The van der Waals surface area contributed by atoms with Gasteiger partial charge in [0.15, 0.2) is 0 Å². The number of nitrogens with zero attached hydrogens (tertiary/aromatic N) is 2. The number of carbonyl (C=O) groups excluding carboxylic acids is 3. The Morgan fingerprint density at radius 1 is 1.00 bits per heavy atom. The van der Waals surface area contributed by atoms with Crippen molar-refractivity contribution in [1.29, 1.82) is 0 Å². The van der Waals surface area contributed by atoms with Crippen LogP contribution in [-0.4, -0.2) is 66.5 Å². The number of hydrogen-bond donors (Lipinski definition) is 0. The number of esters is 1. The minimum absolute atomic E-state index is 0.0184. The van der Waals surface area contributed by atoms with Crippen LogP contribution in [0.4, 0.5) is 13.6 Å². The monoisotopic (exact) mass is 516 g/mol. The third-order valence-corrected chi connectivity index (χ3v) is 6.71. The van der Waals surface area contributed by atoms with Gasteiger partial charge in [-0.2, -0.15) is 0 Å². The summed E-state index contributed by atoms with van der Waals surface area (Å²) in [6.45, 7) is 2.01. The number of likely N-dealkylation sites (tertiary alicyclic amines) is 2. The molecule has 2 atom stereocenters. The maximum atomic E-state index is 14.9. The van der Waals surface area contributed by atoms with Crippen LogP contribution in [0, 0.1) is 11.3 Å². The van der Waals surface area contributed by atoms with Gasteiger partial charge in [0.1, 0.15) is 24.9 Å². The fourth-order valence-corrected chi connectivity index (χ4v) is 4.72. The number of carbonyl (C=O) groups is 3. The Morgan fingerprint density at radius 3 is 2.27 bits per heavy atom. The Labute approximate surface area is 214 Å². The first-order chi connectivity index (χ1) is 17.5. The predicted octanol–water partition coefficient (Wildman–Crippen LogP) is 3.88. The lowest BCUT2D eigenvalue weighted by Gasteiger charge is -2.30. The van der Waals surface area contributed by atoms with E-state index in [2.05, 4.69) is 0 Å². The molecule has 0 saturated carbocycles. The Bertz CT molecular complexity index is 1140. The van der Waals surface area contributed by atoms with Gasteiger partial charge in [-0.05, 0) is 37.1 Å². The van der Waals surface area contributed by atoms with E-state index in [9.17, 15) is 23.2 Å². The first-order valence-corrected chi connectivity index (χ1v) is 12.0. The quantitative estimate of drug-likeness (QED) is 0.495. The maximum absolute atomic E-state index is 14.9. The zero-order valence-corrected chi connectivity index (χ0v) is 21.0. The fraction of sp³-hybridized carbons (Fsp3) is 0.444. The summed E-state index contributed by atoms with van der Waals surface area (Å²) in [5.41, 5.74) is 0.313. The Morgan fingerprint density at radius 2 is 1.62 bits per heavy atom. The topological polar surface area (TPSA) is 85.4 Å². The summed E-state index contributed by atoms with van der Waals surface area (Å²) in [5, 5.41) is 0. The molecule has 0 aliphatic carbocycles. The summed E-state index contributed by atoms with van der Waals surface area (Å²) in [6.07, 6.45) is -0.899. The van der Waals surface area contributed by atoms with Gasteiger partial charge in [0.2, 0.25) is 5.91 Å². The number of methoxy groups -OCH3 is 1. The highest BCUT2D eigenvalue weighted by Crippen LogP contribution is 2.44. The molecule has 198 valence electrons. The summed E-state index contributed by atoms with van der Waals surface area (Å²) in [5.74, 6) is -5.77. The van der Waals surface area contributed by atoms with Gasteiger partial charge in [-0.1, -0.05) is 42.5 Å². The van der Waals surface area contributed by atoms with Gasteiger partial charge < -0.3 is 19.1 Å². The molecule has 10 heteroatoms. The van der Waals surface area contributed by atoms with Crippen LogP contribution in [0.3, 0.4) is 0 Å². The Balaban J connectivity index is 1.37. The maximum Gasteiger partial charge on any atom is 0.410 e. The van der Waals surface area contributed by atoms with Crippen LogP contribution >= 0.6 is 0 Å². The van der Waals surface area contributed by atoms with Crippen molar-refractivity contribution in [2.24, 2.45) is 11.3 Å². The molecule has 2 saturated heterocycles. The van der Waals surface area contributed by atoms with Crippen molar-refractivity contribution in [3.05, 3.63) is 65.7 Å². The molecule has 0 N–H and O–H groups in total. The summed E-state index contributed by atoms with van der Waals surface area (Å²) < 4.78 is 45.5. The van der Waals surface area contributed by atoms with E-state index in [0.29, 0.717) is 5.75 Å². The molecule has 0 radical (unpaired) electrons. The summed E-state index contributed by atoms with van der Waals surface area (Å²) in [4.78, 5) is 40.6. The zero-order valence-electron chi connectivity index (χ0n) is 21.0. The summed E-state index contributed by atoms with van der Waals surface area (Å²) in [6, 6.07) is 14.8. The van der Waals surface area contributed by atoms with Gasteiger partial charge in [0, 0.05) is 13.1 Å². The molecule has 4 rings (SSSR count). The fourth-order valence-electron chi connectivity index (χ4n) is 4.72. The van der Waals surface area contributed by atoms with Gasteiger partial charge >= 0.3 is 12.1 Å². The van der Waals surface area contributed by atoms with E-state index < -0.39 is 47.8 Å². The minimum atomic E-state index is -3.40. The van der Waals surface area contributed by atoms with Crippen LogP contribution < -0.4 is 4.74 Å². The van der Waals surface area contributed by atoms with Crippen molar-refractivity contribution in [2.45, 2.75) is 39.0 Å². The highest BCUT2D eigenvalue weighted by atomic mass is 19.3. The number of amides is 2. The van der Waals surface area contributed by atoms with E-state index in [1.54, 1.807) is 69.5 Å². The van der Waals surface area contributed by atoms with Crippen LogP contribution in [0.15, 0.2) is 54.6 Å². The second-order valence-electron chi connectivity index (χ2n) is 10.0. The van der Waals surface area contributed by atoms with Gasteiger partial charge in [0.05, 0.1) is 25.1 Å². The normalized spacial score (nSPS) is 20.5. The molecule has 8 nitrogen and oxygen atoms in total. The largest absolute Gasteiger partial charge is 0.497 e. The zero-order chi connectivity index (χ0) is 26.8. The van der Waals surface area contributed by atoms with Gasteiger partial charge in [0.25, 0.3) is 5.92 Å². The second kappa shape index (κ2) is 10.4. The van der Waals surface area contributed by atoms with Crippen molar-refractivity contribution in [1.82, 2.24) is 9.80 Å². The van der Waals surface area contributed by atoms with E-state index in [1.165, 1.54) is 4.90 Å².